The summed E-state index contributed by atoms with van der Waals surface area (Å²) in [6.45, 7) is 4.42. The molecule has 0 radical (unpaired) electrons. The van der Waals surface area contributed by atoms with E-state index in [2.05, 4.69) is 246 Å². The van der Waals surface area contributed by atoms with Gasteiger partial charge in [0.2, 0.25) is 0 Å². The van der Waals surface area contributed by atoms with Crippen molar-refractivity contribution in [1.82, 2.24) is 0 Å². The molecule has 0 aliphatic carbocycles. The Morgan fingerprint density at radius 2 is 1.04 bits per heavy atom. The van der Waals surface area contributed by atoms with E-state index >= 15 is 0 Å². The zero-order valence-electron chi connectivity index (χ0n) is 14.1. The van der Waals surface area contributed by atoms with Gasteiger partial charge in [0.05, 0.1) is 3.92 Å². The molecule has 27 heavy (non-hydrogen) atoms. The van der Waals surface area contributed by atoms with Gasteiger partial charge in [0.15, 0.2) is 0 Å². The SMILES string of the molecule is C/C(=C/I)C(=CI)C(=C/I)/C(=C/I)C(=C/I)/C(=C/I)C(I)/C(=C/I)C(C)I. The van der Waals surface area contributed by atoms with Crippen LogP contribution in [-0.2, 0) is 0 Å². The Kier molecular flexibility index (Phi) is 21.3. The molecule has 0 spiro atoms. The van der Waals surface area contributed by atoms with Crippen LogP contribution in [0, 0.1) is 0 Å². The van der Waals surface area contributed by atoms with Crippen molar-refractivity contribution in [3.05, 3.63) is 67.6 Å². The third-order valence-electron chi connectivity index (χ3n) is 3.48. The molecule has 0 aliphatic heterocycles. The summed E-state index contributed by atoms with van der Waals surface area (Å²) in [5, 5.41) is 0. The van der Waals surface area contributed by atoms with E-state index in [1.807, 2.05) is 0 Å². The molecule has 0 saturated carbocycles. The minimum absolute atomic E-state index is 0.333. The van der Waals surface area contributed by atoms with E-state index in [9.17, 15) is 0 Å². The minimum atomic E-state index is 0.333. The molecule has 0 N–H and O–H groups in total. The zero-order chi connectivity index (χ0) is 21.1. The zero-order valence-corrected chi connectivity index (χ0v) is 33.5. The molecule has 0 fully saturated rings. The van der Waals surface area contributed by atoms with Crippen LogP contribution < -0.4 is 0 Å². The third-order valence-corrected chi connectivity index (χ3v) is 10.4. The van der Waals surface area contributed by atoms with Crippen LogP contribution in [0.3, 0.4) is 0 Å². The van der Waals surface area contributed by atoms with Crippen molar-refractivity contribution in [2.75, 3.05) is 0 Å². The first kappa shape index (κ1) is 31.8. The van der Waals surface area contributed by atoms with Crippen molar-refractivity contribution in [3.8, 4) is 0 Å². The van der Waals surface area contributed by atoms with Gasteiger partial charge in [0.1, 0.15) is 0 Å². The summed E-state index contributed by atoms with van der Waals surface area (Å²) in [5.41, 5.74) is 9.13. The second-order valence-corrected chi connectivity index (χ2v) is 12.5. The van der Waals surface area contributed by atoms with E-state index in [0.717, 1.165) is 0 Å². The number of rotatable bonds is 8. The molecule has 0 rings (SSSR count). The fraction of sp³-hybridized carbons (Fsp3) is 0.222. The molecular weight excluding hydrogens is 1360 g/mol. The molecule has 0 aromatic carbocycles. The van der Waals surface area contributed by atoms with Crippen molar-refractivity contribution >= 4 is 203 Å². The Balaban J connectivity index is 6.41. The summed E-state index contributed by atoms with van der Waals surface area (Å²) in [6.07, 6.45) is 0. The fourth-order valence-corrected chi connectivity index (χ4v) is 11.3. The molecule has 0 bridgehead atoms. The molecule has 0 aliphatic rings. The fourth-order valence-electron chi connectivity index (χ4n) is 1.99. The lowest BCUT2D eigenvalue weighted by Crippen LogP contribution is -2.15. The molecule has 150 valence electrons. The van der Waals surface area contributed by atoms with Gasteiger partial charge in [-0.25, -0.2) is 0 Å². The lowest BCUT2D eigenvalue weighted by atomic mass is 9.88. The van der Waals surface area contributed by atoms with Gasteiger partial charge in [0.25, 0.3) is 0 Å². The summed E-state index contributed by atoms with van der Waals surface area (Å²) in [5.74, 6) is 0. The molecule has 0 saturated heterocycles. The van der Waals surface area contributed by atoms with Gasteiger partial charge >= 0.3 is 0 Å². The van der Waals surface area contributed by atoms with Crippen LogP contribution in [0.4, 0.5) is 0 Å². The van der Waals surface area contributed by atoms with Crippen molar-refractivity contribution in [3.63, 3.8) is 0 Å². The molecule has 2 atom stereocenters. The first-order valence-corrected chi connectivity index (χ1v) is 18.4. The normalized spacial score (nSPS) is 18.7. The molecule has 0 aromatic rings. The van der Waals surface area contributed by atoms with Crippen LogP contribution in [0.2, 0.25) is 0 Å². The molecule has 0 heterocycles. The summed E-state index contributed by atoms with van der Waals surface area (Å²) in [6, 6.07) is 0. The Morgan fingerprint density at radius 1 is 0.593 bits per heavy atom. The van der Waals surface area contributed by atoms with Crippen LogP contribution in [0.1, 0.15) is 13.8 Å². The second-order valence-electron chi connectivity index (χ2n) is 5.04. The number of hydrogen-bond acceptors (Lipinski definition) is 0. The molecule has 2 unspecified atom stereocenters. The largest absolute Gasteiger partial charge is 0.0780 e. The van der Waals surface area contributed by atoms with E-state index in [4.69, 9.17) is 0 Å². The van der Waals surface area contributed by atoms with Gasteiger partial charge in [0, 0.05) is 3.92 Å². The lowest BCUT2D eigenvalue weighted by molar-refractivity contribution is 1.08. The van der Waals surface area contributed by atoms with E-state index in [1.165, 1.54) is 39.0 Å². The van der Waals surface area contributed by atoms with Gasteiger partial charge in [-0.3, -0.25) is 0 Å². The maximum atomic E-state index is 2.58. The number of halogens is 9. The highest BCUT2D eigenvalue weighted by molar-refractivity contribution is 14.1. The predicted octanol–water partition coefficient (Wildman–Crippen LogP) is 11.9. The first-order valence-electron chi connectivity index (χ1n) is 7.18. The van der Waals surface area contributed by atoms with E-state index in [-0.39, 0.29) is 0 Å². The van der Waals surface area contributed by atoms with E-state index < -0.39 is 0 Å². The predicted molar refractivity (Wildman–Crippen MR) is 202 cm³/mol. The van der Waals surface area contributed by atoms with Crippen LogP contribution in [0.5, 0.6) is 0 Å². The van der Waals surface area contributed by atoms with E-state index in [0.29, 0.717) is 7.85 Å². The molecule has 9 heteroatoms. The van der Waals surface area contributed by atoms with Crippen molar-refractivity contribution in [2.24, 2.45) is 0 Å². The highest BCUT2D eigenvalue weighted by Gasteiger charge is 2.25. The smallest absolute Gasteiger partial charge is 0.0596 e. The number of allylic oxidation sites excluding steroid dienone is 7. The van der Waals surface area contributed by atoms with Crippen molar-refractivity contribution < 1.29 is 0 Å². The first-order chi connectivity index (χ1) is 12.8. The molecule has 0 aromatic heterocycles. The van der Waals surface area contributed by atoms with Crippen molar-refractivity contribution in [2.45, 2.75) is 21.7 Å². The van der Waals surface area contributed by atoms with Gasteiger partial charge < -0.3 is 0 Å². The standard InChI is InChI=1S/C18H15I9/c1-10(3-19)12(4-20)14(6-22)15(7-23)16(8-24)17(9-25)18(27)13(5-21)11(2)26/h3-9,11,18H,1-2H3/b10-3-,12-4?,13-5+,14-6-,15-7-,16-8-,17-9-. The lowest BCUT2D eigenvalue weighted by Gasteiger charge is -2.24. The summed E-state index contributed by atoms with van der Waals surface area (Å²) in [7, 11) is 0. The number of alkyl halides is 2. The van der Waals surface area contributed by atoms with Gasteiger partial charge in [-0.05, 0) is 81.4 Å². The molecular formula is C18H15I9. The summed E-state index contributed by atoms with van der Waals surface area (Å²) < 4.78 is 16.2. The van der Waals surface area contributed by atoms with Crippen LogP contribution in [-0.4, -0.2) is 7.85 Å². The Hall–Kier alpha value is 4.75. The van der Waals surface area contributed by atoms with Gasteiger partial charge in [-0.2, -0.15) is 0 Å². The quantitative estimate of drug-likeness (QED) is 0.129. The maximum absolute atomic E-state index is 2.58. The molecule has 0 nitrogen and oxygen atoms in total. The van der Waals surface area contributed by atoms with Gasteiger partial charge in [-0.15, -0.1) is 0 Å². The third kappa shape index (κ3) is 9.87. The topological polar surface area (TPSA) is 0 Å². The van der Waals surface area contributed by atoms with Gasteiger partial charge in [-0.1, -0.05) is 203 Å². The van der Waals surface area contributed by atoms with E-state index in [1.54, 1.807) is 0 Å². The van der Waals surface area contributed by atoms with Crippen LogP contribution in [0.15, 0.2) is 67.6 Å². The Morgan fingerprint density at radius 3 is 1.33 bits per heavy atom. The summed E-state index contributed by atoms with van der Waals surface area (Å²) in [4.78, 5) is 0. The summed E-state index contributed by atoms with van der Waals surface area (Å²) >= 11 is 21.6. The molecule has 0 amide bonds. The second kappa shape index (κ2) is 18.1. The Bertz CT molecular complexity index is 719. The monoisotopic (exact) mass is 1370 g/mol. The minimum Gasteiger partial charge on any atom is -0.0780 e. The van der Waals surface area contributed by atoms with Crippen molar-refractivity contribution in [1.29, 1.82) is 0 Å². The highest BCUT2D eigenvalue weighted by Crippen LogP contribution is 2.41. The highest BCUT2D eigenvalue weighted by atomic mass is 127. The average Bonchev–Trinajstić information content (AvgIpc) is 2.66. The van der Waals surface area contributed by atoms with Crippen LogP contribution >= 0.6 is 203 Å². The Labute approximate surface area is 285 Å². The number of hydrogen-bond donors (Lipinski definition) is 0. The van der Waals surface area contributed by atoms with Crippen LogP contribution in [0.25, 0.3) is 0 Å². The maximum Gasteiger partial charge on any atom is 0.0596 e. The average molecular weight is 1370 g/mol.